The highest BCUT2D eigenvalue weighted by Gasteiger charge is 2.35. The van der Waals surface area contributed by atoms with Crippen molar-refractivity contribution in [3.05, 3.63) is 63.7 Å². The largest absolute Gasteiger partial charge is 0.492 e. The lowest BCUT2D eigenvalue weighted by Crippen LogP contribution is -2.54. The number of piperidine rings is 1. The smallest absolute Gasteiger partial charge is 0.150 e. The Bertz CT molecular complexity index is 938. The summed E-state index contributed by atoms with van der Waals surface area (Å²) in [5.41, 5.74) is 4.79. The molecule has 4 rings (SSSR count). The van der Waals surface area contributed by atoms with Gasteiger partial charge in [-0.25, -0.2) is 0 Å². The summed E-state index contributed by atoms with van der Waals surface area (Å²) in [7, 11) is 2.25. The molecule has 0 saturated carbocycles. The lowest BCUT2D eigenvalue weighted by molar-refractivity contribution is 0.0183. The van der Waals surface area contributed by atoms with E-state index >= 15 is 0 Å². The SMILES string of the molecule is Cc1c(OCCNCCO)ccc(C2CCCC3CN(C)CCN32)c1C.O=Cc1ccc(Cl)cc1. The van der Waals surface area contributed by atoms with Gasteiger partial charge in [-0.3, -0.25) is 9.69 Å². The number of halogens is 1. The lowest BCUT2D eigenvalue weighted by Gasteiger charge is -2.48. The van der Waals surface area contributed by atoms with Crippen molar-refractivity contribution in [1.29, 1.82) is 0 Å². The van der Waals surface area contributed by atoms with Crippen LogP contribution in [0.5, 0.6) is 5.75 Å². The molecule has 2 aliphatic rings. The first kappa shape index (κ1) is 27.6. The van der Waals surface area contributed by atoms with Crippen LogP contribution in [0.4, 0.5) is 0 Å². The third-order valence-electron chi connectivity index (χ3n) is 7.12. The first-order chi connectivity index (χ1) is 16.9. The van der Waals surface area contributed by atoms with Crippen LogP contribution in [-0.4, -0.2) is 80.2 Å². The Hall–Kier alpha value is -1.96. The molecule has 0 aliphatic carbocycles. The zero-order valence-corrected chi connectivity index (χ0v) is 22.1. The average molecular weight is 502 g/mol. The molecule has 2 atom stereocenters. The van der Waals surface area contributed by atoms with Crippen molar-refractivity contribution in [2.24, 2.45) is 0 Å². The number of carbonyl (C=O) groups excluding carboxylic acids is 1. The van der Waals surface area contributed by atoms with Crippen molar-refractivity contribution in [1.82, 2.24) is 15.1 Å². The van der Waals surface area contributed by atoms with Crippen molar-refractivity contribution >= 4 is 17.9 Å². The van der Waals surface area contributed by atoms with Crippen LogP contribution in [0.2, 0.25) is 5.02 Å². The van der Waals surface area contributed by atoms with Gasteiger partial charge in [-0.1, -0.05) is 29.8 Å². The molecule has 2 heterocycles. The van der Waals surface area contributed by atoms with Crippen molar-refractivity contribution in [2.45, 2.75) is 45.2 Å². The molecule has 2 N–H and O–H groups in total. The molecule has 192 valence electrons. The van der Waals surface area contributed by atoms with Gasteiger partial charge in [0.15, 0.2) is 0 Å². The van der Waals surface area contributed by atoms with Gasteiger partial charge < -0.3 is 20.1 Å². The predicted octanol–water partition coefficient (Wildman–Crippen LogP) is 4.26. The molecule has 0 aromatic heterocycles. The van der Waals surface area contributed by atoms with Gasteiger partial charge in [-0.05, 0) is 75.0 Å². The first-order valence-corrected chi connectivity index (χ1v) is 13.0. The molecule has 7 heteroatoms. The number of ether oxygens (including phenoxy) is 1. The maximum absolute atomic E-state index is 10.1. The highest BCUT2D eigenvalue weighted by atomic mass is 35.5. The van der Waals surface area contributed by atoms with Crippen LogP contribution in [0.1, 0.15) is 52.4 Å². The molecule has 2 aromatic rings. The normalized spacial score (nSPS) is 20.5. The maximum atomic E-state index is 10.1. The van der Waals surface area contributed by atoms with E-state index < -0.39 is 0 Å². The van der Waals surface area contributed by atoms with Crippen LogP contribution >= 0.6 is 11.6 Å². The van der Waals surface area contributed by atoms with Crippen LogP contribution in [0, 0.1) is 13.8 Å². The Kier molecular flexibility index (Phi) is 11.0. The van der Waals surface area contributed by atoms with E-state index in [9.17, 15) is 4.79 Å². The third kappa shape index (κ3) is 7.76. The van der Waals surface area contributed by atoms with E-state index in [0.29, 0.717) is 35.8 Å². The molecule has 2 fully saturated rings. The van der Waals surface area contributed by atoms with Gasteiger partial charge in [-0.2, -0.15) is 0 Å². The summed E-state index contributed by atoms with van der Waals surface area (Å²) in [6, 6.07) is 12.4. The van der Waals surface area contributed by atoms with Gasteiger partial charge in [0.25, 0.3) is 0 Å². The van der Waals surface area contributed by atoms with E-state index in [1.54, 1.807) is 24.3 Å². The number of hydrogen-bond acceptors (Lipinski definition) is 6. The monoisotopic (exact) mass is 501 g/mol. The number of carbonyl (C=O) groups is 1. The summed E-state index contributed by atoms with van der Waals surface area (Å²) >= 11 is 5.55. The molecule has 2 saturated heterocycles. The summed E-state index contributed by atoms with van der Waals surface area (Å²) in [6.45, 7) is 10.2. The number of nitrogens with zero attached hydrogens (tertiary/aromatic N) is 2. The number of piperazine rings is 1. The summed E-state index contributed by atoms with van der Waals surface area (Å²) in [5.74, 6) is 0.989. The molecule has 2 unspecified atom stereocenters. The molecule has 0 bridgehead atoms. The number of aliphatic hydroxyl groups excluding tert-OH is 1. The van der Waals surface area contributed by atoms with Gasteiger partial charge in [0.1, 0.15) is 18.6 Å². The van der Waals surface area contributed by atoms with E-state index in [4.69, 9.17) is 21.4 Å². The Balaban J connectivity index is 0.000000320. The Morgan fingerprint density at radius 2 is 1.86 bits per heavy atom. The predicted molar refractivity (Wildman–Crippen MR) is 143 cm³/mol. The summed E-state index contributed by atoms with van der Waals surface area (Å²) < 4.78 is 5.96. The van der Waals surface area contributed by atoms with Gasteiger partial charge in [0, 0.05) is 55.4 Å². The number of benzene rings is 2. The summed E-state index contributed by atoms with van der Waals surface area (Å²) in [6.07, 6.45) is 4.72. The molecule has 6 nitrogen and oxygen atoms in total. The van der Waals surface area contributed by atoms with E-state index in [2.05, 4.69) is 48.1 Å². The average Bonchev–Trinajstić information content (AvgIpc) is 2.87. The van der Waals surface area contributed by atoms with Crippen molar-refractivity contribution in [2.75, 3.05) is 53.0 Å². The Morgan fingerprint density at radius 1 is 1.09 bits per heavy atom. The van der Waals surface area contributed by atoms with Crippen LogP contribution in [0.15, 0.2) is 36.4 Å². The molecular weight excluding hydrogens is 462 g/mol. The standard InChI is InChI=1S/C21H35N3O2.C7H5ClO/c1-16-17(2)21(26-14-10-22-9-13-25)8-7-19(16)20-6-4-5-18-15-23(3)11-12-24(18)20;8-7-3-1-6(5-9)2-4-7/h7-8,18,20,22,25H,4-6,9-15H2,1-3H3;1-5H. The molecular formula is C28H40ClN3O3. The molecule has 2 aromatic carbocycles. The number of aldehydes is 1. The molecule has 35 heavy (non-hydrogen) atoms. The maximum Gasteiger partial charge on any atom is 0.150 e. The second-order valence-electron chi connectivity index (χ2n) is 9.49. The molecule has 2 aliphatic heterocycles. The summed E-state index contributed by atoms with van der Waals surface area (Å²) in [5, 5.41) is 12.6. The second-order valence-corrected chi connectivity index (χ2v) is 9.93. The van der Waals surface area contributed by atoms with Gasteiger partial charge in [0.2, 0.25) is 0 Å². The number of hydrogen-bond donors (Lipinski definition) is 2. The fraction of sp³-hybridized carbons (Fsp3) is 0.536. The molecule has 0 amide bonds. The Labute approximate surface area is 215 Å². The van der Waals surface area contributed by atoms with Gasteiger partial charge in [0.05, 0.1) is 6.61 Å². The van der Waals surface area contributed by atoms with Crippen molar-refractivity contribution in [3.8, 4) is 5.75 Å². The van der Waals surface area contributed by atoms with E-state index in [1.807, 2.05) is 0 Å². The first-order valence-electron chi connectivity index (χ1n) is 12.6. The number of likely N-dealkylation sites (N-methyl/N-ethyl adjacent to an activating group) is 1. The minimum Gasteiger partial charge on any atom is -0.492 e. The lowest BCUT2D eigenvalue weighted by atomic mass is 9.86. The zero-order valence-electron chi connectivity index (χ0n) is 21.3. The van der Waals surface area contributed by atoms with Crippen LogP contribution in [0.3, 0.4) is 0 Å². The molecule has 0 radical (unpaired) electrons. The van der Waals surface area contributed by atoms with Crippen molar-refractivity contribution < 1.29 is 14.6 Å². The van der Waals surface area contributed by atoms with Gasteiger partial charge >= 0.3 is 0 Å². The van der Waals surface area contributed by atoms with Crippen LogP contribution in [-0.2, 0) is 0 Å². The number of fused-ring (bicyclic) bond motifs is 1. The number of rotatable bonds is 8. The highest BCUT2D eigenvalue weighted by Crippen LogP contribution is 2.39. The fourth-order valence-electron chi connectivity index (χ4n) is 5.05. The van der Waals surface area contributed by atoms with E-state index in [1.165, 1.54) is 55.6 Å². The Morgan fingerprint density at radius 3 is 2.57 bits per heavy atom. The van der Waals surface area contributed by atoms with E-state index in [-0.39, 0.29) is 6.61 Å². The summed E-state index contributed by atoms with van der Waals surface area (Å²) in [4.78, 5) is 15.3. The molecule has 0 spiro atoms. The minimum absolute atomic E-state index is 0.168. The zero-order chi connectivity index (χ0) is 25.2. The second kappa shape index (κ2) is 14.0. The third-order valence-corrected chi connectivity index (χ3v) is 7.37. The van der Waals surface area contributed by atoms with Crippen molar-refractivity contribution in [3.63, 3.8) is 0 Å². The number of nitrogens with one attached hydrogen (secondary N) is 1. The van der Waals surface area contributed by atoms with E-state index in [0.717, 1.165) is 18.6 Å². The van der Waals surface area contributed by atoms with Gasteiger partial charge in [-0.15, -0.1) is 0 Å². The quantitative estimate of drug-likeness (QED) is 0.416. The van der Waals surface area contributed by atoms with Crippen LogP contribution < -0.4 is 10.1 Å². The number of aliphatic hydroxyl groups is 1. The fourth-order valence-corrected chi connectivity index (χ4v) is 5.18. The topological polar surface area (TPSA) is 65.0 Å². The van der Waals surface area contributed by atoms with Crippen LogP contribution in [0.25, 0.3) is 0 Å². The highest BCUT2D eigenvalue weighted by molar-refractivity contribution is 6.30. The minimum atomic E-state index is 0.168.